The summed E-state index contributed by atoms with van der Waals surface area (Å²) in [5, 5.41) is 0. The number of ether oxygens (including phenoxy) is 1. The quantitative estimate of drug-likeness (QED) is 0.790. The van der Waals surface area contributed by atoms with Gasteiger partial charge in [-0.1, -0.05) is 12.1 Å². The van der Waals surface area contributed by atoms with E-state index in [0.717, 1.165) is 30.8 Å². The van der Waals surface area contributed by atoms with E-state index < -0.39 is 0 Å². The van der Waals surface area contributed by atoms with E-state index in [1.54, 1.807) is 0 Å². The van der Waals surface area contributed by atoms with Crippen LogP contribution in [0.15, 0.2) is 34.6 Å². The molecule has 20 heavy (non-hydrogen) atoms. The topological polar surface area (TPSA) is 25.4 Å². The summed E-state index contributed by atoms with van der Waals surface area (Å²) < 4.78 is 6.55. The zero-order chi connectivity index (χ0) is 14.1. The minimum absolute atomic E-state index is 0.454. The molecule has 0 amide bonds. The molecule has 3 unspecified atom stereocenters. The highest BCUT2D eigenvalue weighted by Gasteiger charge is 2.36. The second-order valence-electron chi connectivity index (χ2n) is 5.89. The Morgan fingerprint density at radius 2 is 2.30 bits per heavy atom. The van der Waals surface area contributed by atoms with Crippen LogP contribution in [0.1, 0.15) is 25.0 Å². The fourth-order valence-electron chi connectivity index (χ4n) is 3.42. The van der Waals surface area contributed by atoms with E-state index in [0.29, 0.717) is 17.8 Å². The van der Waals surface area contributed by atoms with Crippen molar-refractivity contribution in [3.63, 3.8) is 0 Å². The predicted molar refractivity (Wildman–Crippen MR) is 83.5 cm³/mol. The van der Waals surface area contributed by atoms with Crippen LogP contribution in [0.25, 0.3) is 0 Å². The van der Waals surface area contributed by atoms with Gasteiger partial charge in [0.05, 0.1) is 6.61 Å². The molecule has 2 aliphatic heterocycles. The molecule has 0 radical (unpaired) electrons. The summed E-state index contributed by atoms with van der Waals surface area (Å²) in [4.78, 5) is 7.06. The normalized spacial score (nSPS) is 27.8. The molecular weight excluding hydrogens is 316 g/mol. The van der Waals surface area contributed by atoms with Crippen LogP contribution in [0.5, 0.6) is 0 Å². The van der Waals surface area contributed by atoms with E-state index in [2.05, 4.69) is 53.0 Å². The van der Waals surface area contributed by atoms with E-state index in [-0.39, 0.29) is 0 Å². The molecule has 0 N–H and O–H groups in total. The molecule has 1 fully saturated rings. The van der Waals surface area contributed by atoms with Gasteiger partial charge in [0, 0.05) is 43.4 Å². The summed E-state index contributed by atoms with van der Waals surface area (Å²) in [6.45, 7) is 5.03. The molecule has 1 aromatic rings. The molecule has 3 nitrogen and oxygen atoms in total. The van der Waals surface area contributed by atoms with Gasteiger partial charge < -0.3 is 9.64 Å². The van der Waals surface area contributed by atoms with Gasteiger partial charge in [-0.2, -0.15) is 0 Å². The van der Waals surface area contributed by atoms with Crippen LogP contribution in [-0.2, 0) is 4.74 Å². The number of rotatable bonds is 3. The number of allylic oxidation sites excluding steroid dienone is 1. The van der Waals surface area contributed by atoms with Crippen molar-refractivity contribution in [2.24, 2.45) is 11.8 Å². The average Bonchev–Trinajstić information content (AvgIpc) is 3.02. The lowest BCUT2D eigenvalue weighted by atomic mass is 9.79. The highest BCUT2D eigenvalue weighted by molar-refractivity contribution is 9.10. The van der Waals surface area contributed by atoms with Crippen LogP contribution in [0.3, 0.4) is 0 Å². The van der Waals surface area contributed by atoms with Crippen molar-refractivity contribution in [3.05, 3.63) is 40.3 Å². The van der Waals surface area contributed by atoms with Gasteiger partial charge in [-0.15, -0.1) is 0 Å². The fraction of sp³-hybridized carbons (Fsp3) is 0.562. The summed E-state index contributed by atoms with van der Waals surface area (Å²) in [6.07, 6.45) is 3.55. The Bertz CT molecular complexity index is 511. The van der Waals surface area contributed by atoms with Gasteiger partial charge in [0.25, 0.3) is 0 Å². The van der Waals surface area contributed by atoms with Gasteiger partial charge in [0.2, 0.25) is 0 Å². The predicted octanol–water partition coefficient (Wildman–Crippen LogP) is 3.43. The number of aromatic nitrogens is 1. The van der Waals surface area contributed by atoms with Crippen LogP contribution in [-0.4, -0.2) is 36.7 Å². The minimum atomic E-state index is 0.454. The molecule has 3 heterocycles. The van der Waals surface area contributed by atoms with E-state index >= 15 is 0 Å². The Balaban J connectivity index is 1.92. The largest absolute Gasteiger partial charge is 0.381 e. The molecule has 0 saturated carbocycles. The molecule has 0 aromatic carbocycles. The van der Waals surface area contributed by atoms with Gasteiger partial charge >= 0.3 is 0 Å². The molecule has 3 atom stereocenters. The third-order valence-corrected chi connectivity index (χ3v) is 5.00. The second-order valence-corrected chi connectivity index (χ2v) is 6.70. The molecule has 4 heteroatoms. The molecule has 1 saturated heterocycles. The number of hydrogen-bond donors (Lipinski definition) is 0. The summed E-state index contributed by atoms with van der Waals surface area (Å²) in [5.74, 6) is 1.57. The molecule has 1 aromatic heterocycles. The van der Waals surface area contributed by atoms with E-state index in [4.69, 9.17) is 9.72 Å². The monoisotopic (exact) mass is 336 g/mol. The number of halogens is 1. The fourth-order valence-corrected chi connectivity index (χ4v) is 3.78. The summed E-state index contributed by atoms with van der Waals surface area (Å²) >= 11 is 3.50. The lowest BCUT2D eigenvalue weighted by molar-refractivity contribution is 0.174. The zero-order valence-electron chi connectivity index (χ0n) is 12.1. The van der Waals surface area contributed by atoms with Crippen LogP contribution in [0.4, 0.5) is 0 Å². The molecular formula is C16H21BrN2O. The Labute approximate surface area is 129 Å². The Kier molecular flexibility index (Phi) is 4.13. The van der Waals surface area contributed by atoms with Gasteiger partial charge in [0.1, 0.15) is 4.60 Å². The summed E-state index contributed by atoms with van der Waals surface area (Å²) in [5.41, 5.74) is 2.56. The van der Waals surface area contributed by atoms with Crippen molar-refractivity contribution in [2.75, 3.05) is 26.8 Å². The average molecular weight is 337 g/mol. The first kappa shape index (κ1) is 14.1. The van der Waals surface area contributed by atoms with Gasteiger partial charge in [-0.3, -0.25) is 0 Å². The lowest BCUT2D eigenvalue weighted by Crippen LogP contribution is -2.26. The minimum Gasteiger partial charge on any atom is -0.381 e. The van der Waals surface area contributed by atoms with Gasteiger partial charge in [-0.25, -0.2) is 4.98 Å². The van der Waals surface area contributed by atoms with Gasteiger partial charge in [-0.05, 0) is 47.3 Å². The highest BCUT2D eigenvalue weighted by atomic mass is 79.9. The molecule has 0 spiro atoms. The van der Waals surface area contributed by atoms with Crippen molar-refractivity contribution >= 4 is 15.9 Å². The Morgan fingerprint density at radius 3 is 2.90 bits per heavy atom. The first-order valence-electron chi connectivity index (χ1n) is 7.25. The maximum atomic E-state index is 5.63. The number of pyridine rings is 1. The van der Waals surface area contributed by atoms with Crippen molar-refractivity contribution in [3.8, 4) is 0 Å². The molecule has 0 bridgehead atoms. The van der Waals surface area contributed by atoms with Crippen LogP contribution < -0.4 is 0 Å². The third kappa shape index (κ3) is 2.77. The number of nitrogens with zero attached hydrogens (tertiary/aromatic N) is 2. The van der Waals surface area contributed by atoms with Crippen molar-refractivity contribution in [1.82, 2.24) is 9.88 Å². The van der Waals surface area contributed by atoms with E-state index in [1.165, 1.54) is 11.4 Å². The lowest BCUT2D eigenvalue weighted by Gasteiger charge is -2.28. The highest BCUT2D eigenvalue weighted by Crippen LogP contribution is 2.40. The molecule has 0 aliphatic carbocycles. The first-order valence-corrected chi connectivity index (χ1v) is 8.04. The molecule has 2 aliphatic rings. The van der Waals surface area contributed by atoms with Crippen molar-refractivity contribution < 1.29 is 4.74 Å². The second kappa shape index (κ2) is 5.86. The number of hydrogen-bond acceptors (Lipinski definition) is 3. The van der Waals surface area contributed by atoms with Crippen LogP contribution in [0, 0.1) is 11.8 Å². The standard InChI is InChI=1S/C16H21BrN2O/c1-11-8-13(9-19(11)2)16(12-6-7-20-10-12)14-4-3-5-15(17)18-14/h3-5,8,12-13,16H,6-7,9-10H2,1-2H3. The molecule has 108 valence electrons. The molecule has 3 rings (SSSR count). The van der Waals surface area contributed by atoms with Gasteiger partial charge in [0.15, 0.2) is 0 Å². The van der Waals surface area contributed by atoms with Crippen LogP contribution >= 0.6 is 15.9 Å². The smallest absolute Gasteiger partial charge is 0.106 e. The summed E-state index contributed by atoms with van der Waals surface area (Å²) in [7, 11) is 2.17. The van der Waals surface area contributed by atoms with Crippen LogP contribution in [0.2, 0.25) is 0 Å². The van der Waals surface area contributed by atoms with E-state index in [9.17, 15) is 0 Å². The maximum absolute atomic E-state index is 5.63. The van der Waals surface area contributed by atoms with Crippen molar-refractivity contribution in [1.29, 1.82) is 0 Å². The summed E-state index contributed by atoms with van der Waals surface area (Å²) in [6, 6.07) is 6.24. The maximum Gasteiger partial charge on any atom is 0.106 e. The van der Waals surface area contributed by atoms with E-state index in [1.807, 2.05) is 6.07 Å². The zero-order valence-corrected chi connectivity index (χ0v) is 13.6. The third-order valence-electron chi connectivity index (χ3n) is 4.55. The van der Waals surface area contributed by atoms with Crippen molar-refractivity contribution in [2.45, 2.75) is 19.3 Å². The Morgan fingerprint density at radius 1 is 1.45 bits per heavy atom. The SMILES string of the molecule is CC1=CC(C(c2cccc(Br)n2)C2CCOC2)CN1C. The first-order chi connectivity index (χ1) is 9.65. The Hall–Kier alpha value is -0.870.